The number of anilines is 1. The summed E-state index contributed by atoms with van der Waals surface area (Å²) in [7, 11) is 2.59. The first-order valence-electron chi connectivity index (χ1n) is 4.25. The fourth-order valence-electron chi connectivity index (χ4n) is 1.09. The van der Waals surface area contributed by atoms with Crippen molar-refractivity contribution >= 4 is 5.69 Å². The van der Waals surface area contributed by atoms with Gasteiger partial charge in [-0.25, -0.2) is 0 Å². The molecule has 0 amide bonds. The molecule has 0 unspecified atom stereocenters. The molecular weight excluding hydrogens is 207 g/mol. The van der Waals surface area contributed by atoms with Crippen molar-refractivity contribution in [3.05, 3.63) is 29.3 Å². The monoisotopic (exact) mass is 221 g/mol. The Kier molecular flexibility index (Phi) is 5.14. The van der Waals surface area contributed by atoms with Gasteiger partial charge in [0.15, 0.2) is 0 Å². The van der Waals surface area contributed by atoms with E-state index in [4.69, 9.17) is 5.11 Å². The van der Waals surface area contributed by atoms with E-state index in [0.717, 1.165) is 19.2 Å². The summed E-state index contributed by atoms with van der Waals surface area (Å²) in [6.07, 6.45) is -4.27. The maximum atomic E-state index is 12.3. The summed E-state index contributed by atoms with van der Waals surface area (Å²) in [5, 5.41) is 9.68. The minimum absolute atomic E-state index is 0.479. The lowest BCUT2D eigenvalue weighted by Gasteiger charge is -2.09. The molecule has 1 aromatic rings. The molecule has 0 atom stereocenters. The average molecular weight is 221 g/mol. The van der Waals surface area contributed by atoms with Crippen molar-refractivity contribution in [3.63, 3.8) is 0 Å². The van der Waals surface area contributed by atoms with Crippen molar-refractivity contribution in [1.82, 2.24) is 0 Å². The molecule has 0 aromatic heterocycles. The number of aliphatic hydroxyl groups excluding tert-OH is 1. The third-order valence-corrected chi connectivity index (χ3v) is 1.69. The number of hydrogen-bond acceptors (Lipinski definition) is 2. The lowest BCUT2D eigenvalue weighted by molar-refractivity contribution is -0.137. The molecule has 0 aliphatic rings. The van der Waals surface area contributed by atoms with E-state index >= 15 is 0 Å². The smallest absolute Gasteiger partial charge is 0.400 e. The number of halogens is 3. The normalized spacial score (nSPS) is 10.3. The van der Waals surface area contributed by atoms with Crippen molar-refractivity contribution < 1.29 is 18.3 Å². The van der Waals surface area contributed by atoms with Crippen LogP contribution in [0.4, 0.5) is 18.9 Å². The maximum Gasteiger partial charge on any atom is 0.416 e. The zero-order valence-corrected chi connectivity index (χ0v) is 8.81. The van der Waals surface area contributed by atoms with Crippen LogP contribution in [0.25, 0.3) is 0 Å². The number of nitrogens with one attached hydrogen (secondary N) is 1. The molecule has 2 N–H and O–H groups in total. The van der Waals surface area contributed by atoms with E-state index in [1.165, 1.54) is 0 Å². The van der Waals surface area contributed by atoms with E-state index < -0.39 is 11.7 Å². The van der Waals surface area contributed by atoms with Crippen LogP contribution in [0, 0.1) is 6.92 Å². The van der Waals surface area contributed by atoms with E-state index in [1.807, 2.05) is 0 Å². The van der Waals surface area contributed by atoms with Gasteiger partial charge in [-0.15, -0.1) is 0 Å². The molecule has 0 saturated heterocycles. The topological polar surface area (TPSA) is 32.3 Å². The van der Waals surface area contributed by atoms with Crippen molar-refractivity contribution in [2.75, 3.05) is 19.5 Å². The lowest BCUT2D eigenvalue weighted by Crippen LogP contribution is -2.06. The van der Waals surface area contributed by atoms with Gasteiger partial charge in [0.1, 0.15) is 0 Å². The number of aliphatic hydroxyl groups is 1. The highest BCUT2D eigenvalue weighted by Gasteiger charge is 2.30. The molecule has 0 bridgehead atoms. The minimum Gasteiger partial charge on any atom is -0.400 e. The van der Waals surface area contributed by atoms with Crippen LogP contribution < -0.4 is 5.32 Å². The van der Waals surface area contributed by atoms with Gasteiger partial charge in [0, 0.05) is 19.8 Å². The van der Waals surface area contributed by atoms with E-state index in [0.29, 0.717) is 11.3 Å². The van der Waals surface area contributed by atoms with Crippen molar-refractivity contribution in [3.8, 4) is 0 Å². The number of alkyl halides is 3. The Balaban J connectivity index is 0.000000921. The molecule has 0 fully saturated rings. The molecule has 2 nitrogen and oxygen atoms in total. The summed E-state index contributed by atoms with van der Waals surface area (Å²) < 4.78 is 36.8. The predicted octanol–water partition coefficient (Wildman–Crippen LogP) is 2.66. The Bertz CT molecular complexity index is 310. The summed E-state index contributed by atoms with van der Waals surface area (Å²) in [6, 6.07) is 3.88. The van der Waals surface area contributed by atoms with Crippen LogP contribution >= 0.6 is 0 Å². The third-order valence-electron chi connectivity index (χ3n) is 1.69. The van der Waals surface area contributed by atoms with Gasteiger partial charge in [0.05, 0.1) is 5.56 Å². The quantitative estimate of drug-likeness (QED) is 0.764. The SMILES string of the molecule is CNc1cc(C)cc(C(F)(F)F)c1.CO. The van der Waals surface area contributed by atoms with Gasteiger partial charge in [-0.2, -0.15) is 13.2 Å². The summed E-state index contributed by atoms with van der Waals surface area (Å²) in [4.78, 5) is 0. The Morgan fingerprint density at radius 2 is 1.67 bits per heavy atom. The van der Waals surface area contributed by atoms with Gasteiger partial charge in [-0.3, -0.25) is 0 Å². The van der Waals surface area contributed by atoms with Gasteiger partial charge < -0.3 is 10.4 Å². The maximum absolute atomic E-state index is 12.3. The van der Waals surface area contributed by atoms with Gasteiger partial charge in [-0.05, 0) is 30.7 Å². The molecule has 1 aromatic carbocycles. The molecule has 0 aliphatic carbocycles. The Morgan fingerprint density at radius 1 is 1.13 bits per heavy atom. The molecule has 86 valence electrons. The second-order valence-corrected chi connectivity index (χ2v) is 2.84. The molecule has 0 spiro atoms. The molecule has 0 saturated carbocycles. The summed E-state index contributed by atoms with van der Waals surface area (Å²) in [5.74, 6) is 0. The minimum atomic E-state index is -4.27. The summed E-state index contributed by atoms with van der Waals surface area (Å²) in [6.45, 7) is 1.64. The number of benzene rings is 1. The van der Waals surface area contributed by atoms with Crippen LogP contribution in [-0.2, 0) is 6.18 Å². The van der Waals surface area contributed by atoms with Gasteiger partial charge in [-0.1, -0.05) is 0 Å². The van der Waals surface area contributed by atoms with Crippen molar-refractivity contribution in [1.29, 1.82) is 0 Å². The third kappa shape index (κ3) is 4.20. The first-order chi connectivity index (χ1) is 6.93. The lowest BCUT2D eigenvalue weighted by atomic mass is 10.1. The molecule has 0 aliphatic heterocycles. The molecule has 0 radical (unpaired) electrons. The highest BCUT2D eigenvalue weighted by molar-refractivity contribution is 5.48. The molecule has 1 rings (SSSR count). The molecule has 5 heteroatoms. The standard InChI is InChI=1S/C9H10F3N.CH4O/c1-6-3-7(9(10,11)12)5-8(4-6)13-2;1-2/h3-5,13H,1-2H3;2H,1H3. The fraction of sp³-hybridized carbons (Fsp3) is 0.400. The first-order valence-corrected chi connectivity index (χ1v) is 4.25. The van der Waals surface area contributed by atoms with Crippen LogP contribution in [0.15, 0.2) is 18.2 Å². The van der Waals surface area contributed by atoms with Gasteiger partial charge in [0.2, 0.25) is 0 Å². The zero-order valence-electron chi connectivity index (χ0n) is 8.81. The number of aryl methyl sites for hydroxylation is 1. The van der Waals surface area contributed by atoms with Crippen molar-refractivity contribution in [2.24, 2.45) is 0 Å². The number of rotatable bonds is 1. The van der Waals surface area contributed by atoms with Crippen LogP contribution in [0.2, 0.25) is 0 Å². The second kappa shape index (κ2) is 5.60. The largest absolute Gasteiger partial charge is 0.416 e. The van der Waals surface area contributed by atoms with E-state index in [1.54, 1.807) is 20.0 Å². The number of hydrogen-bond donors (Lipinski definition) is 2. The molecular formula is C10H14F3NO. The highest BCUT2D eigenvalue weighted by Crippen LogP contribution is 2.31. The summed E-state index contributed by atoms with van der Waals surface area (Å²) in [5.41, 5.74) is 0.461. The zero-order chi connectivity index (χ0) is 12.1. The van der Waals surface area contributed by atoms with E-state index in [2.05, 4.69) is 5.32 Å². The fourth-order valence-corrected chi connectivity index (χ4v) is 1.09. The van der Waals surface area contributed by atoms with Crippen LogP contribution in [0.3, 0.4) is 0 Å². The van der Waals surface area contributed by atoms with Crippen LogP contribution in [0.5, 0.6) is 0 Å². The average Bonchev–Trinajstić information content (AvgIpc) is 2.18. The highest BCUT2D eigenvalue weighted by atomic mass is 19.4. The Morgan fingerprint density at radius 3 is 2.07 bits per heavy atom. The van der Waals surface area contributed by atoms with E-state index in [-0.39, 0.29) is 0 Å². The van der Waals surface area contributed by atoms with Gasteiger partial charge in [0.25, 0.3) is 0 Å². The van der Waals surface area contributed by atoms with Crippen molar-refractivity contribution in [2.45, 2.75) is 13.1 Å². The second-order valence-electron chi connectivity index (χ2n) is 2.84. The first kappa shape index (κ1) is 13.8. The van der Waals surface area contributed by atoms with Crippen LogP contribution in [-0.4, -0.2) is 19.3 Å². The molecule has 0 heterocycles. The van der Waals surface area contributed by atoms with E-state index in [9.17, 15) is 13.2 Å². The molecule has 15 heavy (non-hydrogen) atoms. The predicted molar refractivity (Wildman–Crippen MR) is 53.9 cm³/mol. The summed E-state index contributed by atoms with van der Waals surface area (Å²) >= 11 is 0. The Hall–Kier alpha value is -1.23. The van der Waals surface area contributed by atoms with Crippen LogP contribution in [0.1, 0.15) is 11.1 Å². The van der Waals surface area contributed by atoms with Gasteiger partial charge >= 0.3 is 6.18 Å². The Labute approximate surface area is 86.7 Å².